The molecule has 1 N–H and O–H groups in total. The lowest BCUT2D eigenvalue weighted by molar-refractivity contribution is 0.0513. The van der Waals surface area contributed by atoms with Crippen LogP contribution in [-0.4, -0.2) is 23.1 Å². The minimum Gasteiger partial charge on any atom is -0.461 e. The largest absolute Gasteiger partial charge is 0.461 e. The van der Waals surface area contributed by atoms with Crippen molar-refractivity contribution in [3.63, 3.8) is 0 Å². The van der Waals surface area contributed by atoms with Crippen molar-refractivity contribution in [3.05, 3.63) is 88.2 Å². The zero-order valence-corrected chi connectivity index (χ0v) is 17.0. The molecule has 2 aromatic carbocycles. The molecule has 7 heteroatoms. The summed E-state index contributed by atoms with van der Waals surface area (Å²) in [7, 11) is 0. The molecule has 0 saturated heterocycles. The molecule has 0 aliphatic carbocycles. The summed E-state index contributed by atoms with van der Waals surface area (Å²) in [5, 5.41) is 2.40. The van der Waals surface area contributed by atoms with Crippen LogP contribution in [0.15, 0.2) is 48.5 Å². The standard InChI is InChI=1S/C23H22F2N2O3/c1-4-30-23(29)21-14(2)20(15(3)27(21)13-16-8-6-5-7-9-16)22(28)26-19-12-17(24)10-11-18(19)25/h5-12H,4,13H2,1-3H3,(H,26,28). The Labute approximate surface area is 173 Å². The fraction of sp³-hybridized carbons (Fsp3) is 0.217. The third-order valence-corrected chi connectivity index (χ3v) is 4.82. The number of aromatic nitrogens is 1. The third-order valence-electron chi connectivity index (χ3n) is 4.82. The van der Waals surface area contributed by atoms with E-state index in [1.165, 1.54) is 0 Å². The number of carbonyl (C=O) groups excluding carboxylic acids is 2. The number of nitrogens with one attached hydrogen (secondary N) is 1. The zero-order chi connectivity index (χ0) is 21.8. The molecule has 0 fully saturated rings. The van der Waals surface area contributed by atoms with Gasteiger partial charge in [-0.1, -0.05) is 30.3 Å². The maximum absolute atomic E-state index is 14.0. The van der Waals surface area contributed by atoms with Crippen molar-refractivity contribution in [1.82, 2.24) is 4.57 Å². The van der Waals surface area contributed by atoms with Gasteiger partial charge in [0.05, 0.1) is 17.9 Å². The van der Waals surface area contributed by atoms with E-state index < -0.39 is 23.5 Å². The lowest BCUT2D eigenvalue weighted by Gasteiger charge is -2.12. The average molecular weight is 412 g/mol. The van der Waals surface area contributed by atoms with Gasteiger partial charge in [-0.3, -0.25) is 4.79 Å². The van der Waals surface area contributed by atoms with Crippen molar-refractivity contribution in [2.24, 2.45) is 0 Å². The van der Waals surface area contributed by atoms with Crippen LogP contribution in [0.2, 0.25) is 0 Å². The first-order valence-corrected chi connectivity index (χ1v) is 9.50. The van der Waals surface area contributed by atoms with Gasteiger partial charge in [0, 0.05) is 18.3 Å². The molecule has 0 unspecified atom stereocenters. The van der Waals surface area contributed by atoms with E-state index in [0.717, 1.165) is 23.8 Å². The highest BCUT2D eigenvalue weighted by Gasteiger charge is 2.27. The average Bonchev–Trinajstić information content (AvgIpc) is 2.95. The summed E-state index contributed by atoms with van der Waals surface area (Å²) in [5.41, 5.74) is 2.07. The van der Waals surface area contributed by atoms with Crippen molar-refractivity contribution in [2.75, 3.05) is 11.9 Å². The second-order valence-corrected chi connectivity index (χ2v) is 6.80. The summed E-state index contributed by atoms with van der Waals surface area (Å²) in [5.74, 6) is -2.61. The molecule has 0 aliphatic heterocycles. The monoisotopic (exact) mass is 412 g/mol. The molecule has 1 amide bonds. The highest BCUT2D eigenvalue weighted by atomic mass is 19.1. The van der Waals surface area contributed by atoms with Gasteiger partial charge in [0.15, 0.2) is 0 Å². The smallest absolute Gasteiger partial charge is 0.355 e. The molecule has 0 radical (unpaired) electrons. The molecule has 1 aromatic heterocycles. The molecule has 0 bridgehead atoms. The summed E-state index contributed by atoms with van der Waals surface area (Å²) in [6, 6.07) is 12.3. The first kappa shape index (κ1) is 21.2. The molecule has 0 atom stereocenters. The number of nitrogens with zero attached hydrogens (tertiary/aromatic N) is 1. The number of esters is 1. The van der Waals surface area contributed by atoms with E-state index in [0.29, 0.717) is 17.8 Å². The Morgan fingerprint density at radius 2 is 1.77 bits per heavy atom. The van der Waals surface area contributed by atoms with Gasteiger partial charge < -0.3 is 14.6 Å². The van der Waals surface area contributed by atoms with Crippen molar-refractivity contribution >= 4 is 17.6 Å². The zero-order valence-electron chi connectivity index (χ0n) is 17.0. The van der Waals surface area contributed by atoms with Crippen LogP contribution in [0, 0.1) is 25.5 Å². The first-order valence-electron chi connectivity index (χ1n) is 9.50. The molecule has 30 heavy (non-hydrogen) atoms. The van der Waals surface area contributed by atoms with Gasteiger partial charge in [-0.2, -0.15) is 0 Å². The minimum absolute atomic E-state index is 0.184. The summed E-state index contributed by atoms with van der Waals surface area (Å²) < 4.78 is 34.4. The summed E-state index contributed by atoms with van der Waals surface area (Å²) in [6.07, 6.45) is 0. The number of hydrogen-bond acceptors (Lipinski definition) is 3. The maximum atomic E-state index is 14.0. The number of anilines is 1. The van der Waals surface area contributed by atoms with Crippen LogP contribution in [0.1, 0.15) is 44.6 Å². The molecule has 0 saturated carbocycles. The molecule has 0 aliphatic rings. The summed E-state index contributed by atoms with van der Waals surface area (Å²) in [4.78, 5) is 25.6. The summed E-state index contributed by atoms with van der Waals surface area (Å²) in [6.45, 7) is 5.57. The fourth-order valence-corrected chi connectivity index (χ4v) is 3.43. The quantitative estimate of drug-likeness (QED) is 0.588. The van der Waals surface area contributed by atoms with Crippen molar-refractivity contribution in [1.29, 1.82) is 0 Å². The van der Waals surface area contributed by atoms with Crippen LogP contribution in [-0.2, 0) is 11.3 Å². The molecular weight excluding hydrogens is 390 g/mol. The van der Waals surface area contributed by atoms with Crippen LogP contribution in [0.3, 0.4) is 0 Å². The molecule has 0 spiro atoms. The number of ether oxygens (including phenoxy) is 1. The maximum Gasteiger partial charge on any atom is 0.355 e. The van der Waals surface area contributed by atoms with E-state index in [4.69, 9.17) is 4.74 Å². The Balaban J connectivity index is 2.06. The Hall–Kier alpha value is -3.48. The number of hydrogen-bond donors (Lipinski definition) is 1. The van der Waals surface area contributed by atoms with E-state index in [2.05, 4.69) is 5.32 Å². The predicted octanol–water partition coefficient (Wildman–Crippen LogP) is 4.86. The van der Waals surface area contributed by atoms with Gasteiger partial charge in [0.2, 0.25) is 0 Å². The molecule has 5 nitrogen and oxygen atoms in total. The normalized spacial score (nSPS) is 10.7. The highest BCUT2D eigenvalue weighted by molar-refractivity contribution is 6.08. The van der Waals surface area contributed by atoms with Crippen LogP contribution < -0.4 is 5.32 Å². The van der Waals surface area contributed by atoms with Crippen LogP contribution in [0.5, 0.6) is 0 Å². The first-order chi connectivity index (χ1) is 14.3. The van der Waals surface area contributed by atoms with Gasteiger partial charge in [-0.15, -0.1) is 0 Å². The minimum atomic E-state index is -0.755. The van der Waals surface area contributed by atoms with Crippen LogP contribution >= 0.6 is 0 Å². The second-order valence-electron chi connectivity index (χ2n) is 6.80. The lowest BCUT2D eigenvalue weighted by Crippen LogP contribution is -2.15. The van der Waals surface area contributed by atoms with Gasteiger partial charge in [-0.25, -0.2) is 13.6 Å². The van der Waals surface area contributed by atoms with Crippen molar-refractivity contribution in [3.8, 4) is 0 Å². The number of rotatable bonds is 6. The number of carbonyl (C=O) groups is 2. The molecule has 3 rings (SSSR count). The van der Waals surface area contributed by atoms with E-state index >= 15 is 0 Å². The van der Waals surface area contributed by atoms with E-state index in [1.54, 1.807) is 25.3 Å². The second kappa shape index (κ2) is 8.90. The topological polar surface area (TPSA) is 60.3 Å². The Kier molecular flexibility index (Phi) is 6.30. The SMILES string of the molecule is CCOC(=O)c1c(C)c(C(=O)Nc2cc(F)ccc2F)c(C)n1Cc1ccccc1. The van der Waals surface area contributed by atoms with E-state index in [-0.39, 0.29) is 23.6 Å². The molecule has 1 heterocycles. The molecular formula is C23H22F2N2O3. The molecule has 3 aromatic rings. The number of halogens is 2. The highest BCUT2D eigenvalue weighted by Crippen LogP contribution is 2.26. The number of amides is 1. The predicted molar refractivity (Wildman–Crippen MR) is 110 cm³/mol. The Morgan fingerprint density at radius 3 is 2.43 bits per heavy atom. The Bertz CT molecular complexity index is 1090. The van der Waals surface area contributed by atoms with Crippen molar-refractivity contribution in [2.45, 2.75) is 27.3 Å². The van der Waals surface area contributed by atoms with Gasteiger partial charge in [0.25, 0.3) is 5.91 Å². The van der Waals surface area contributed by atoms with Crippen LogP contribution in [0.25, 0.3) is 0 Å². The van der Waals surface area contributed by atoms with Gasteiger partial charge >= 0.3 is 5.97 Å². The lowest BCUT2D eigenvalue weighted by atomic mass is 10.1. The third kappa shape index (κ3) is 4.25. The van der Waals surface area contributed by atoms with Crippen LogP contribution in [0.4, 0.5) is 14.5 Å². The summed E-state index contributed by atoms with van der Waals surface area (Å²) >= 11 is 0. The van der Waals surface area contributed by atoms with Crippen molar-refractivity contribution < 1.29 is 23.1 Å². The number of benzene rings is 2. The van der Waals surface area contributed by atoms with Gasteiger partial charge in [-0.05, 0) is 44.0 Å². The van der Waals surface area contributed by atoms with E-state index in [9.17, 15) is 18.4 Å². The fourth-order valence-electron chi connectivity index (χ4n) is 3.43. The Morgan fingerprint density at radius 1 is 1.07 bits per heavy atom. The van der Waals surface area contributed by atoms with Gasteiger partial charge in [0.1, 0.15) is 17.3 Å². The molecule has 156 valence electrons. The van der Waals surface area contributed by atoms with E-state index in [1.807, 2.05) is 30.3 Å².